The largest absolute Gasteiger partial charge is 0.489 e. The Balaban J connectivity index is 1.57. The van der Waals surface area contributed by atoms with Gasteiger partial charge in [0.2, 0.25) is 5.91 Å². The van der Waals surface area contributed by atoms with Gasteiger partial charge in [-0.2, -0.15) is 0 Å². The number of carbonyl (C=O) groups is 1. The molecule has 0 atom stereocenters. The molecule has 0 aliphatic rings. The van der Waals surface area contributed by atoms with Crippen LogP contribution in [0, 0.1) is 0 Å². The van der Waals surface area contributed by atoms with E-state index in [0.29, 0.717) is 6.61 Å². The molecule has 0 fully saturated rings. The van der Waals surface area contributed by atoms with E-state index in [1.165, 1.54) is 0 Å². The molecule has 0 saturated heterocycles. The normalized spacial score (nSPS) is 10.2. The van der Waals surface area contributed by atoms with Gasteiger partial charge in [0, 0.05) is 17.4 Å². The fourth-order valence-corrected chi connectivity index (χ4v) is 2.51. The van der Waals surface area contributed by atoms with Crippen LogP contribution in [0.15, 0.2) is 79.4 Å². The monoisotopic (exact) mass is 332 g/mol. The summed E-state index contributed by atoms with van der Waals surface area (Å²) >= 11 is 0. The van der Waals surface area contributed by atoms with Crippen molar-refractivity contribution in [1.82, 2.24) is 0 Å². The van der Waals surface area contributed by atoms with Crippen molar-refractivity contribution in [2.24, 2.45) is 0 Å². The smallest absolute Gasteiger partial charge is 0.243 e. The van der Waals surface area contributed by atoms with Gasteiger partial charge < -0.3 is 15.4 Å². The van der Waals surface area contributed by atoms with Gasteiger partial charge in [0.25, 0.3) is 0 Å². The fourth-order valence-electron chi connectivity index (χ4n) is 2.51. The van der Waals surface area contributed by atoms with E-state index in [1.54, 1.807) is 6.08 Å². The second-order valence-corrected chi connectivity index (χ2v) is 5.59. The van der Waals surface area contributed by atoms with Crippen LogP contribution in [-0.4, -0.2) is 19.1 Å². The van der Waals surface area contributed by atoms with Gasteiger partial charge in [-0.05, 0) is 35.0 Å². The zero-order valence-corrected chi connectivity index (χ0v) is 13.9. The zero-order valence-electron chi connectivity index (χ0n) is 13.9. The van der Waals surface area contributed by atoms with Crippen LogP contribution in [0.1, 0.15) is 0 Å². The Morgan fingerprint density at radius 1 is 0.960 bits per heavy atom. The van der Waals surface area contributed by atoms with Crippen LogP contribution in [0.4, 0.5) is 11.4 Å². The zero-order chi connectivity index (χ0) is 17.5. The average Bonchev–Trinajstić information content (AvgIpc) is 2.65. The van der Waals surface area contributed by atoms with Crippen LogP contribution >= 0.6 is 0 Å². The lowest BCUT2D eigenvalue weighted by Gasteiger charge is -2.10. The average molecular weight is 332 g/mol. The molecule has 3 aromatic rings. The van der Waals surface area contributed by atoms with Crippen molar-refractivity contribution in [3.63, 3.8) is 0 Å². The Morgan fingerprint density at radius 3 is 2.64 bits per heavy atom. The van der Waals surface area contributed by atoms with Crippen LogP contribution in [-0.2, 0) is 4.79 Å². The summed E-state index contributed by atoms with van der Waals surface area (Å²) in [4.78, 5) is 12.2. The number of hydrogen-bond donors (Lipinski definition) is 2. The highest BCUT2D eigenvalue weighted by Gasteiger charge is 2.04. The molecule has 2 N–H and O–H groups in total. The van der Waals surface area contributed by atoms with Gasteiger partial charge in [0.05, 0.1) is 6.54 Å². The van der Waals surface area contributed by atoms with E-state index >= 15 is 0 Å². The molecular formula is C21H20N2O2. The van der Waals surface area contributed by atoms with Crippen molar-refractivity contribution in [2.75, 3.05) is 23.8 Å². The molecule has 0 spiro atoms. The number of ether oxygens (including phenoxy) is 1. The maximum absolute atomic E-state index is 12.2. The van der Waals surface area contributed by atoms with Gasteiger partial charge in [0.15, 0.2) is 0 Å². The highest BCUT2D eigenvalue weighted by atomic mass is 16.5. The number of nitrogens with one attached hydrogen (secondary N) is 2. The summed E-state index contributed by atoms with van der Waals surface area (Å²) < 4.78 is 5.48. The number of benzene rings is 3. The molecule has 3 rings (SSSR count). The van der Waals surface area contributed by atoms with E-state index in [0.717, 1.165) is 27.9 Å². The van der Waals surface area contributed by atoms with Crippen LogP contribution < -0.4 is 15.4 Å². The van der Waals surface area contributed by atoms with E-state index in [9.17, 15) is 4.79 Å². The number of amides is 1. The lowest BCUT2D eigenvalue weighted by molar-refractivity contribution is -0.114. The summed E-state index contributed by atoms with van der Waals surface area (Å²) in [6.45, 7) is 4.25. The van der Waals surface area contributed by atoms with E-state index in [4.69, 9.17) is 4.74 Å². The molecule has 0 bridgehead atoms. The van der Waals surface area contributed by atoms with Crippen LogP contribution in [0.2, 0.25) is 0 Å². The second-order valence-electron chi connectivity index (χ2n) is 5.59. The quantitative estimate of drug-likeness (QED) is 0.628. The van der Waals surface area contributed by atoms with Gasteiger partial charge in [-0.1, -0.05) is 49.1 Å². The second kappa shape index (κ2) is 8.02. The van der Waals surface area contributed by atoms with Crippen molar-refractivity contribution >= 4 is 28.1 Å². The van der Waals surface area contributed by atoms with Gasteiger partial charge >= 0.3 is 0 Å². The van der Waals surface area contributed by atoms with Crippen molar-refractivity contribution in [3.8, 4) is 5.75 Å². The standard InChI is InChI=1S/C21H20N2O2/c1-2-12-25-20-9-5-8-18(14-20)22-15-21(24)23-19-11-10-16-6-3-4-7-17(16)13-19/h2-11,13-14,22H,1,12,15H2,(H,23,24). The molecular weight excluding hydrogens is 312 g/mol. The van der Waals surface area contributed by atoms with Crippen molar-refractivity contribution in [2.45, 2.75) is 0 Å². The van der Waals surface area contributed by atoms with E-state index in [2.05, 4.69) is 17.2 Å². The first kappa shape index (κ1) is 16.6. The molecule has 1 amide bonds. The molecule has 0 aromatic heterocycles. The lowest BCUT2D eigenvalue weighted by atomic mass is 10.1. The van der Waals surface area contributed by atoms with E-state index in [1.807, 2.05) is 66.7 Å². The number of hydrogen-bond acceptors (Lipinski definition) is 3. The van der Waals surface area contributed by atoms with Crippen molar-refractivity contribution in [3.05, 3.63) is 79.4 Å². The Hall–Kier alpha value is -3.27. The minimum absolute atomic E-state index is 0.104. The molecule has 25 heavy (non-hydrogen) atoms. The number of rotatable bonds is 7. The molecule has 3 aromatic carbocycles. The maximum Gasteiger partial charge on any atom is 0.243 e. The maximum atomic E-state index is 12.2. The van der Waals surface area contributed by atoms with Gasteiger partial charge in [-0.25, -0.2) is 0 Å². The molecule has 0 aliphatic heterocycles. The molecule has 0 unspecified atom stereocenters. The molecule has 0 saturated carbocycles. The Morgan fingerprint density at radius 2 is 1.80 bits per heavy atom. The lowest BCUT2D eigenvalue weighted by Crippen LogP contribution is -2.21. The Labute approximate surface area is 147 Å². The third-order valence-electron chi connectivity index (χ3n) is 3.69. The Bertz CT molecular complexity index is 890. The summed E-state index contributed by atoms with van der Waals surface area (Å²) in [7, 11) is 0. The van der Waals surface area contributed by atoms with Gasteiger partial charge in [-0.3, -0.25) is 4.79 Å². The highest BCUT2D eigenvalue weighted by Crippen LogP contribution is 2.19. The summed E-state index contributed by atoms with van der Waals surface area (Å²) in [6.07, 6.45) is 1.69. The SMILES string of the molecule is C=CCOc1cccc(NCC(=O)Nc2ccc3ccccc3c2)c1. The first-order chi connectivity index (χ1) is 12.2. The third-order valence-corrected chi connectivity index (χ3v) is 3.69. The highest BCUT2D eigenvalue weighted by molar-refractivity contribution is 5.96. The molecule has 126 valence electrons. The first-order valence-corrected chi connectivity index (χ1v) is 8.11. The minimum atomic E-state index is -0.104. The predicted molar refractivity (Wildman–Crippen MR) is 103 cm³/mol. The van der Waals surface area contributed by atoms with E-state index < -0.39 is 0 Å². The topological polar surface area (TPSA) is 50.4 Å². The minimum Gasteiger partial charge on any atom is -0.489 e. The van der Waals surface area contributed by atoms with Crippen LogP contribution in [0.5, 0.6) is 5.75 Å². The number of carbonyl (C=O) groups excluding carboxylic acids is 1. The predicted octanol–water partition coefficient (Wildman–Crippen LogP) is 4.46. The third kappa shape index (κ3) is 4.61. The molecule has 0 radical (unpaired) electrons. The summed E-state index contributed by atoms with van der Waals surface area (Å²) in [5.41, 5.74) is 1.61. The number of anilines is 2. The summed E-state index contributed by atoms with van der Waals surface area (Å²) in [5, 5.41) is 8.25. The summed E-state index contributed by atoms with van der Waals surface area (Å²) in [6, 6.07) is 21.4. The van der Waals surface area contributed by atoms with Gasteiger partial charge in [-0.15, -0.1) is 0 Å². The Kier molecular flexibility index (Phi) is 5.32. The van der Waals surface area contributed by atoms with Crippen molar-refractivity contribution < 1.29 is 9.53 Å². The molecule has 4 heteroatoms. The summed E-state index contributed by atoms with van der Waals surface area (Å²) in [5.74, 6) is 0.632. The molecule has 0 heterocycles. The van der Waals surface area contributed by atoms with Gasteiger partial charge in [0.1, 0.15) is 12.4 Å². The first-order valence-electron chi connectivity index (χ1n) is 8.11. The van der Waals surface area contributed by atoms with Crippen molar-refractivity contribution in [1.29, 1.82) is 0 Å². The fraction of sp³-hybridized carbons (Fsp3) is 0.0952. The van der Waals surface area contributed by atoms with E-state index in [-0.39, 0.29) is 12.5 Å². The number of fused-ring (bicyclic) bond motifs is 1. The van der Waals surface area contributed by atoms with Crippen LogP contribution in [0.3, 0.4) is 0 Å². The molecule has 4 nitrogen and oxygen atoms in total. The molecule has 0 aliphatic carbocycles. The van der Waals surface area contributed by atoms with Crippen LogP contribution in [0.25, 0.3) is 10.8 Å².